The minimum Gasteiger partial charge on any atom is -0.309 e. The third kappa shape index (κ3) is 1.68. The van der Waals surface area contributed by atoms with Gasteiger partial charge in [-0.3, -0.25) is 0 Å². The van der Waals surface area contributed by atoms with Crippen molar-refractivity contribution in [3.63, 3.8) is 0 Å². The Balaban J connectivity index is 1.28. The van der Waals surface area contributed by atoms with E-state index in [1.165, 1.54) is 45.3 Å². The van der Waals surface area contributed by atoms with Gasteiger partial charge in [0, 0.05) is 18.6 Å². The third-order valence-corrected chi connectivity index (χ3v) is 7.51. The van der Waals surface area contributed by atoms with Gasteiger partial charge in [-0.15, -0.1) is 0 Å². The number of piperidine rings is 3. The van der Waals surface area contributed by atoms with Crippen molar-refractivity contribution < 1.29 is 0 Å². The summed E-state index contributed by atoms with van der Waals surface area (Å²) in [5, 5.41) is 4.15. The maximum Gasteiger partial charge on any atom is 0.0226 e. The number of hydrogen-bond donors (Lipinski definition) is 1. The van der Waals surface area contributed by atoms with Gasteiger partial charge in [-0.05, 0) is 81.2 Å². The van der Waals surface area contributed by atoms with Crippen LogP contribution in [-0.2, 0) is 0 Å². The Kier molecular flexibility index (Phi) is 2.56. The Morgan fingerprint density at radius 3 is 2.37 bits per heavy atom. The van der Waals surface area contributed by atoms with Gasteiger partial charge in [-0.1, -0.05) is 6.42 Å². The summed E-state index contributed by atoms with van der Waals surface area (Å²) in [6.45, 7) is 4.11. The average Bonchev–Trinajstić information content (AvgIpc) is 3.12. The fourth-order valence-electron chi connectivity index (χ4n) is 6.69. The van der Waals surface area contributed by atoms with Gasteiger partial charge in [0.05, 0.1) is 0 Å². The Hall–Kier alpha value is -0.0800. The van der Waals surface area contributed by atoms with Gasteiger partial charge in [0.15, 0.2) is 0 Å². The SMILES string of the molecule is C1CC2C3CC(NC4CN5CCC4CC5)C(C3)C2C1. The van der Waals surface area contributed by atoms with E-state index in [2.05, 4.69) is 10.2 Å². The second-order valence-electron chi connectivity index (χ2n) is 8.17. The first-order valence-electron chi connectivity index (χ1n) is 8.87. The molecule has 3 heterocycles. The van der Waals surface area contributed by atoms with Crippen LogP contribution in [0, 0.1) is 29.6 Å². The summed E-state index contributed by atoms with van der Waals surface area (Å²) in [5.41, 5.74) is 0. The molecule has 2 heteroatoms. The molecule has 0 radical (unpaired) electrons. The normalized spacial score (nSPS) is 58.7. The molecule has 4 bridgehead atoms. The van der Waals surface area contributed by atoms with Crippen molar-refractivity contribution >= 4 is 0 Å². The van der Waals surface area contributed by atoms with Crippen molar-refractivity contribution in [2.45, 2.75) is 57.0 Å². The molecule has 3 saturated heterocycles. The maximum absolute atomic E-state index is 4.15. The van der Waals surface area contributed by atoms with E-state index in [1.54, 1.807) is 19.3 Å². The molecule has 6 fully saturated rings. The highest BCUT2D eigenvalue weighted by molar-refractivity contribution is 5.07. The van der Waals surface area contributed by atoms with Crippen molar-refractivity contribution in [2.24, 2.45) is 29.6 Å². The molecule has 0 aromatic carbocycles. The molecule has 0 aromatic rings. The molecule has 19 heavy (non-hydrogen) atoms. The molecule has 3 aliphatic carbocycles. The van der Waals surface area contributed by atoms with E-state index in [0.717, 1.165) is 41.7 Å². The summed E-state index contributed by atoms with van der Waals surface area (Å²) in [5.74, 6) is 5.44. The van der Waals surface area contributed by atoms with Gasteiger partial charge in [0.2, 0.25) is 0 Å². The number of hydrogen-bond acceptors (Lipinski definition) is 2. The van der Waals surface area contributed by atoms with Crippen LogP contribution in [0.5, 0.6) is 0 Å². The predicted molar refractivity (Wildman–Crippen MR) is 76.9 cm³/mol. The molecule has 1 N–H and O–H groups in total. The minimum absolute atomic E-state index is 0.840. The molecular weight excluding hydrogens is 232 g/mol. The van der Waals surface area contributed by atoms with Crippen LogP contribution in [0.2, 0.25) is 0 Å². The Morgan fingerprint density at radius 1 is 0.737 bits per heavy atom. The zero-order chi connectivity index (χ0) is 12.4. The van der Waals surface area contributed by atoms with E-state index in [0.29, 0.717) is 0 Å². The Labute approximate surface area is 117 Å². The number of nitrogens with one attached hydrogen (secondary N) is 1. The third-order valence-electron chi connectivity index (χ3n) is 7.51. The molecule has 3 aliphatic heterocycles. The maximum atomic E-state index is 4.15. The lowest BCUT2D eigenvalue weighted by atomic mass is 9.77. The van der Waals surface area contributed by atoms with Crippen LogP contribution in [-0.4, -0.2) is 36.6 Å². The lowest BCUT2D eigenvalue weighted by Crippen LogP contribution is -2.59. The van der Waals surface area contributed by atoms with E-state index >= 15 is 0 Å². The van der Waals surface area contributed by atoms with E-state index in [-0.39, 0.29) is 0 Å². The standard InChI is InChI=1S/C17H28N2/c1-2-13-12-8-15(14(13)3-1)16(9-12)18-17-10-19-6-4-11(17)5-7-19/h11-18H,1-10H2. The lowest BCUT2D eigenvalue weighted by Gasteiger charge is -2.47. The largest absolute Gasteiger partial charge is 0.309 e. The van der Waals surface area contributed by atoms with Crippen molar-refractivity contribution in [3.05, 3.63) is 0 Å². The van der Waals surface area contributed by atoms with Crippen molar-refractivity contribution in [1.82, 2.24) is 10.2 Å². The summed E-state index contributed by atoms with van der Waals surface area (Å²) in [7, 11) is 0. The Morgan fingerprint density at radius 2 is 1.58 bits per heavy atom. The predicted octanol–water partition coefficient (Wildman–Crippen LogP) is 2.49. The van der Waals surface area contributed by atoms with Crippen LogP contribution in [0.3, 0.4) is 0 Å². The highest BCUT2D eigenvalue weighted by Crippen LogP contribution is 2.58. The smallest absolute Gasteiger partial charge is 0.0226 e. The summed E-state index contributed by atoms with van der Waals surface area (Å²) in [4.78, 5) is 2.70. The number of fused-ring (bicyclic) bond motifs is 8. The van der Waals surface area contributed by atoms with Crippen LogP contribution in [0.25, 0.3) is 0 Å². The first-order valence-corrected chi connectivity index (χ1v) is 8.87. The molecule has 6 atom stereocenters. The molecular formula is C17H28N2. The van der Waals surface area contributed by atoms with Crippen LogP contribution in [0.15, 0.2) is 0 Å². The minimum atomic E-state index is 0.840. The molecule has 2 nitrogen and oxygen atoms in total. The van der Waals surface area contributed by atoms with E-state index in [1.807, 2.05) is 0 Å². The monoisotopic (exact) mass is 260 g/mol. The molecule has 0 aromatic heterocycles. The van der Waals surface area contributed by atoms with Crippen molar-refractivity contribution in [1.29, 1.82) is 0 Å². The molecule has 0 amide bonds. The summed E-state index contributed by atoms with van der Waals surface area (Å²) < 4.78 is 0. The van der Waals surface area contributed by atoms with Crippen molar-refractivity contribution in [2.75, 3.05) is 19.6 Å². The van der Waals surface area contributed by atoms with Gasteiger partial charge in [0.25, 0.3) is 0 Å². The first-order chi connectivity index (χ1) is 9.38. The zero-order valence-electron chi connectivity index (χ0n) is 12.1. The first kappa shape index (κ1) is 11.6. The quantitative estimate of drug-likeness (QED) is 0.820. The van der Waals surface area contributed by atoms with Gasteiger partial charge < -0.3 is 10.2 Å². The molecule has 6 aliphatic rings. The summed E-state index contributed by atoms with van der Waals surface area (Å²) in [6.07, 6.45) is 10.7. The molecule has 6 rings (SSSR count). The van der Waals surface area contributed by atoms with Gasteiger partial charge in [-0.25, -0.2) is 0 Å². The van der Waals surface area contributed by atoms with E-state index < -0.39 is 0 Å². The second-order valence-corrected chi connectivity index (χ2v) is 8.17. The number of nitrogens with zero attached hydrogens (tertiary/aromatic N) is 1. The van der Waals surface area contributed by atoms with Gasteiger partial charge >= 0.3 is 0 Å². The second kappa shape index (κ2) is 4.21. The lowest BCUT2D eigenvalue weighted by molar-refractivity contribution is 0.0572. The highest BCUT2D eigenvalue weighted by Gasteiger charge is 2.54. The fraction of sp³-hybridized carbons (Fsp3) is 1.00. The molecule has 6 unspecified atom stereocenters. The topological polar surface area (TPSA) is 15.3 Å². The summed E-state index contributed by atoms with van der Waals surface area (Å²) >= 11 is 0. The van der Waals surface area contributed by atoms with E-state index in [4.69, 9.17) is 0 Å². The molecule has 0 spiro atoms. The zero-order valence-corrected chi connectivity index (χ0v) is 12.1. The summed E-state index contributed by atoms with van der Waals surface area (Å²) in [6, 6.07) is 1.74. The van der Waals surface area contributed by atoms with Gasteiger partial charge in [-0.2, -0.15) is 0 Å². The molecule has 3 saturated carbocycles. The van der Waals surface area contributed by atoms with Crippen molar-refractivity contribution in [3.8, 4) is 0 Å². The van der Waals surface area contributed by atoms with E-state index in [9.17, 15) is 0 Å². The fourth-order valence-corrected chi connectivity index (χ4v) is 6.69. The van der Waals surface area contributed by atoms with Crippen LogP contribution in [0.4, 0.5) is 0 Å². The number of rotatable bonds is 2. The van der Waals surface area contributed by atoms with Crippen LogP contribution in [0.1, 0.15) is 44.9 Å². The van der Waals surface area contributed by atoms with Gasteiger partial charge in [0.1, 0.15) is 0 Å². The highest BCUT2D eigenvalue weighted by atomic mass is 15.2. The molecule has 106 valence electrons. The average molecular weight is 260 g/mol. The van der Waals surface area contributed by atoms with Crippen LogP contribution < -0.4 is 5.32 Å². The van der Waals surface area contributed by atoms with Crippen LogP contribution >= 0.6 is 0 Å². The Bertz CT molecular complexity index is 360.